The second kappa shape index (κ2) is 7.44. The molecule has 0 bridgehead atoms. The van der Waals surface area contributed by atoms with Crippen LogP contribution in [0.25, 0.3) is 10.9 Å². The molecular weight excluding hydrogens is 366 g/mol. The molecule has 1 aliphatic carbocycles. The summed E-state index contributed by atoms with van der Waals surface area (Å²) >= 11 is 0. The van der Waals surface area contributed by atoms with E-state index < -0.39 is 5.91 Å². The zero-order valence-electron chi connectivity index (χ0n) is 16.8. The molecule has 1 aliphatic rings. The number of nitrogens with one attached hydrogen (secondary N) is 2. The molecule has 4 rings (SSSR count). The predicted molar refractivity (Wildman–Crippen MR) is 112 cm³/mol. The molecule has 0 aliphatic heterocycles. The maximum atomic E-state index is 13.1. The molecule has 1 amide bonds. The summed E-state index contributed by atoms with van der Waals surface area (Å²) in [6.07, 6.45) is 2.65. The monoisotopic (exact) mass is 391 g/mol. The number of aromatic amines is 1. The first kappa shape index (κ1) is 19.3. The van der Waals surface area contributed by atoms with E-state index in [1.54, 1.807) is 13.1 Å². The van der Waals surface area contributed by atoms with E-state index in [0.717, 1.165) is 27.7 Å². The molecule has 6 nitrogen and oxygen atoms in total. The lowest BCUT2D eigenvalue weighted by atomic mass is 9.75. The number of nitrogens with zero attached hydrogens (tertiary/aromatic N) is 1. The Labute approximate surface area is 169 Å². The van der Waals surface area contributed by atoms with E-state index in [1.807, 2.05) is 44.2 Å². The number of aliphatic hydroxyl groups excluding tert-OH is 1. The summed E-state index contributed by atoms with van der Waals surface area (Å²) in [5, 5.41) is 13.9. The van der Waals surface area contributed by atoms with Crippen LogP contribution in [0.3, 0.4) is 0 Å². The van der Waals surface area contributed by atoms with E-state index in [0.29, 0.717) is 18.4 Å². The fourth-order valence-electron chi connectivity index (χ4n) is 4.09. The maximum absolute atomic E-state index is 13.1. The number of para-hydroxylation sites is 1. The number of benzene rings is 1. The number of carbonyl (C=O) groups excluding carboxylic acids is 1. The molecule has 3 aromatic rings. The average Bonchev–Trinajstić information content (AvgIpc) is 2.68. The first-order valence-electron chi connectivity index (χ1n) is 9.89. The summed E-state index contributed by atoms with van der Waals surface area (Å²) in [5.74, 6) is -0.297. The SMILES string of the molecule is Cc1[nH]c(=O)c(C(=O)N[C@@H](c2cnc3ccccc3c2)C2CC(O)C2)c(C)c1C. The Bertz CT molecular complexity index is 1150. The lowest BCUT2D eigenvalue weighted by Gasteiger charge is -2.38. The van der Waals surface area contributed by atoms with Gasteiger partial charge in [0.2, 0.25) is 0 Å². The lowest BCUT2D eigenvalue weighted by Crippen LogP contribution is -2.43. The number of fused-ring (bicyclic) bond motifs is 1. The van der Waals surface area contributed by atoms with Gasteiger partial charge in [-0.3, -0.25) is 14.6 Å². The highest BCUT2D eigenvalue weighted by molar-refractivity contribution is 5.96. The molecular formula is C23H25N3O3. The highest BCUT2D eigenvalue weighted by atomic mass is 16.3. The Balaban J connectivity index is 1.70. The van der Waals surface area contributed by atoms with E-state index in [9.17, 15) is 14.7 Å². The summed E-state index contributed by atoms with van der Waals surface area (Å²) in [6.45, 7) is 5.52. The number of aromatic nitrogens is 2. The number of amides is 1. The van der Waals surface area contributed by atoms with Gasteiger partial charge >= 0.3 is 0 Å². The minimum Gasteiger partial charge on any atom is -0.393 e. The van der Waals surface area contributed by atoms with Gasteiger partial charge in [-0.05, 0) is 68.4 Å². The fourth-order valence-corrected chi connectivity index (χ4v) is 4.09. The summed E-state index contributed by atoms with van der Waals surface area (Å²) < 4.78 is 0. The van der Waals surface area contributed by atoms with Crippen LogP contribution in [0.2, 0.25) is 0 Å². The van der Waals surface area contributed by atoms with Crippen molar-refractivity contribution in [2.24, 2.45) is 5.92 Å². The number of rotatable bonds is 4. The van der Waals surface area contributed by atoms with Crippen LogP contribution in [0.4, 0.5) is 0 Å². The van der Waals surface area contributed by atoms with Gasteiger partial charge in [0.05, 0.1) is 17.7 Å². The minimum absolute atomic E-state index is 0.0999. The third-order valence-corrected chi connectivity index (χ3v) is 6.13. The molecule has 6 heteroatoms. The molecule has 1 atom stereocenters. The molecule has 29 heavy (non-hydrogen) atoms. The first-order valence-corrected chi connectivity index (χ1v) is 9.89. The van der Waals surface area contributed by atoms with Crippen molar-refractivity contribution >= 4 is 16.8 Å². The van der Waals surface area contributed by atoms with Crippen LogP contribution < -0.4 is 10.9 Å². The Morgan fingerprint density at radius 2 is 1.93 bits per heavy atom. The third kappa shape index (κ3) is 3.56. The number of aryl methyl sites for hydroxylation is 1. The Hall–Kier alpha value is -2.99. The average molecular weight is 391 g/mol. The number of aliphatic hydroxyl groups is 1. The second-order valence-corrected chi connectivity index (χ2v) is 8.00. The summed E-state index contributed by atoms with van der Waals surface area (Å²) in [6, 6.07) is 9.52. The second-order valence-electron chi connectivity index (χ2n) is 8.00. The molecule has 3 N–H and O–H groups in total. The van der Waals surface area contributed by atoms with Crippen molar-refractivity contribution in [3.8, 4) is 0 Å². The molecule has 1 fully saturated rings. The number of pyridine rings is 2. The summed E-state index contributed by atoms with van der Waals surface area (Å²) in [7, 11) is 0. The molecule has 0 radical (unpaired) electrons. The Morgan fingerprint density at radius 3 is 2.66 bits per heavy atom. The highest BCUT2D eigenvalue weighted by Crippen LogP contribution is 2.38. The third-order valence-electron chi connectivity index (χ3n) is 6.13. The summed E-state index contributed by atoms with van der Waals surface area (Å²) in [5.41, 5.74) is 3.88. The lowest BCUT2D eigenvalue weighted by molar-refractivity contribution is 0.0234. The molecule has 0 unspecified atom stereocenters. The van der Waals surface area contributed by atoms with E-state index >= 15 is 0 Å². The van der Waals surface area contributed by atoms with Gasteiger partial charge in [0, 0.05) is 17.3 Å². The van der Waals surface area contributed by atoms with Gasteiger partial charge in [-0.1, -0.05) is 18.2 Å². The van der Waals surface area contributed by atoms with Gasteiger partial charge in [0.15, 0.2) is 0 Å². The van der Waals surface area contributed by atoms with Crippen LogP contribution in [-0.2, 0) is 0 Å². The molecule has 2 heterocycles. The fraction of sp³-hybridized carbons (Fsp3) is 0.348. The Morgan fingerprint density at radius 1 is 1.21 bits per heavy atom. The molecule has 1 saturated carbocycles. The molecule has 0 saturated heterocycles. The summed E-state index contributed by atoms with van der Waals surface area (Å²) in [4.78, 5) is 32.9. The van der Waals surface area contributed by atoms with Crippen molar-refractivity contribution in [1.29, 1.82) is 0 Å². The molecule has 0 spiro atoms. The van der Waals surface area contributed by atoms with Gasteiger partial charge in [-0.2, -0.15) is 0 Å². The topological polar surface area (TPSA) is 95.1 Å². The number of hydrogen-bond donors (Lipinski definition) is 3. The van der Waals surface area contributed by atoms with Crippen molar-refractivity contribution < 1.29 is 9.90 Å². The highest BCUT2D eigenvalue weighted by Gasteiger charge is 2.36. The Kier molecular flexibility index (Phi) is 4.96. The number of H-pyrrole nitrogens is 1. The van der Waals surface area contributed by atoms with Crippen LogP contribution in [0, 0.1) is 26.7 Å². The number of hydrogen-bond acceptors (Lipinski definition) is 4. The van der Waals surface area contributed by atoms with Crippen LogP contribution in [-0.4, -0.2) is 27.1 Å². The quantitative estimate of drug-likeness (QED) is 0.637. The van der Waals surface area contributed by atoms with Gasteiger partial charge in [0.1, 0.15) is 5.56 Å². The van der Waals surface area contributed by atoms with Crippen molar-refractivity contribution in [2.45, 2.75) is 45.8 Å². The van der Waals surface area contributed by atoms with Gasteiger partial charge in [-0.15, -0.1) is 0 Å². The molecule has 1 aromatic carbocycles. The van der Waals surface area contributed by atoms with Crippen LogP contribution in [0.1, 0.15) is 51.6 Å². The minimum atomic E-state index is -0.397. The van der Waals surface area contributed by atoms with Crippen LogP contribution in [0.15, 0.2) is 41.3 Å². The van der Waals surface area contributed by atoms with Gasteiger partial charge < -0.3 is 15.4 Å². The predicted octanol–water partition coefficient (Wildman–Crippen LogP) is 3.09. The van der Waals surface area contributed by atoms with E-state index in [-0.39, 0.29) is 29.2 Å². The normalized spacial score (nSPS) is 19.6. The first-order chi connectivity index (χ1) is 13.8. The zero-order chi connectivity index (χ0) is 20.7. The van der Waals surface area contributed by atoms with Gasteiger partial charge in [-0.25, -0.2) is 0 Å². The van der Waals surface area contributed by atoms with Crippen LogP contribution >= 0.6 is 0 Å². The van der Waals surface area contributed by atoms with Gasteiger partial charge in [0.25, 0.3) is 11.5 Å². The van der Waals surface area contributed by atoms with Crippen molar-refractivity contribution in [1.82, 2.24) is 15.3 Å². The smallest absolute Gasteiger partial charge is 0.261 e. The van der Waals surface area contributed by atoms with E-state index in [1.165, 1.54) is 0 Å². The zero-order valence-corrected chi connectivity index (χ0v) is 16.8. The maximum Gasteiger partial charge on any atom is 0.261 e. The molecule has 150 valence electrons. The largest absolute Gasteiger partial charge is 0.393 e. The van der Waals surface area contributed by atoms with Crippen molar-refractivity contribution in [2.75, 3.05) is 0 Å². The van der Waals surface area contributed by atoms with E-state index in [4.69, 9.17) is 0 Å². The number of carbonyl (C=O) groups is 1. The molecule has 2 aromatic heterocycles. The standard InChI is InChI=1S/C23H25N3O3/c1-12-13(2)20(22(28)25-14(12)3)23(29)26-21(16-9-18(27)10-16)17-8-15-6-4-5-7-19(15)24-11-17/h4-8,11,16,18,21,27H,9-10H2,1-3H3,(H,25,28)(H,26,29)/t16?,18?,21-/m1/s1. The van der Waals surface area contributed by atoms with Crippen LogP contribution in [0.5, 0.6) is 0 Å². The van der Waals surface area contributed by atoms with E-state index in [2.05, 4.69) is 15.3 Å². The van der Waals surface area contributed by atoms with Crippen molar-refractivity contribution in [3.63, 3.8) is 0 Å². The van der Waals surface area contributed by atoms with Crippen molar-refractivity contribution in [3.05, 3.63) is 74.8 Å².